The highest BCUT2D eigenvalue weighted by Crippen LogP contribution is 2.40. The SMILES string of the molecule is CCOc1cc(-c2nc3cc(OC)c(OC)cc3[nH]2)cc(Cl)c1OCC(C)C. The summed E-state index contributed by atoms with van der Waals surface area (Å²) in [5.74, 6) is 3.46. The molecule has 0 aliphatic carbocycles. The minimum atomic E-state index is 0.380. The molecule has 0 saturated carbocycles. The summed E-state index contributed by atoms with van der Waals surface area (Å²) in [5, 5.41) is 0.484. The third-order valence-electron chi connectivity index (χ3n) is 4.13. The molecule has 7 heteroatoms. The normalized spacial score (nSPS) is 11.1. The van der Waals surface area contributed by atoms with Crippen molar-refractivity contribution < 1.29 is 18.9 Å². The fourth-order valence-corrected chi connectivity index (χ4v) is 3.10. The van der Waals surface area contributed by atoms with Crippen LogP contribution in [0.2, 0.25) is 5.02 Å². The molecule has 0 saturated heterocycles. The lowest BCUT2D eigenvalue weighted by Gasteiger charge is -2.16. The van der Waals surface area contributed by atoms with Crippen LogP contribution in [0.15, 0.2) is 24.3 Å². The number of nitrogens with zero attached hydrogens (tertiary/aromatic N) is 1. The molecule has 0 spiro atoms. The van der Waals surface area contributed by atoms with E-state index in [0.717, 1.165) is 16.6 Å². The third-order valence-corrected chi connectivity index (χ3v) is 4.41. The van der Waals surface area contributed by atoms with Crippen molar-refractivity contribution in [3.8, 4) is 34.4 Å². The van der Waals surface area contributed by atoms with E-state index in [1.165, 1.54) is 0 Å². The van der Waals surface area contributed by atoms with Gasteiger partial charge in [-0.05, 0) is 25.0 Å². The summed E-state index contributed by atoms with van der Waals surface area (Å²) in [7, 11) is 3.20. The Hall–Kier alpha value is -2.60. The number of fused-ring (bicyclic) bond motifs is 1. The van der Waals surface area contributed by atoms with Gasteiger partial charge in [0, 0.05) is 17.7 Å². The molecule has 0 fully saturated rings. The van der Waals surface area contributed by atoms with Crippen molar-refractivity contribution in [3.05, 3.63) is 29.3 Å². The molecule has 2 aromatic carbocycles. The highest BCUT2D eigenvalue weighted by molar-refractivity contribution is 6.32. The standard InChI is InChI=1S/C21H25ClN2O4/c1-6-27-19-8-13(7-14(22)20(19)28-11-12(2)3)21-23-15-9-17(25-4)18(26-5)10-16(15)24-21/h7-10,12H,6,11H2,1-5H3,(H,23,24). The number of halogens is 1. The Morgan fingerprint density at radius 1 is 1.00 bits per heavy atom. The number of nitrogens with one attached hydrogen (secondary N) is 1. The molecule has 6 nitrogen and oxygen atoms in total. The molecule has 0 aliphatic rings. The van der Waals surface area contributed by atoms with E-state index in [-0.39, 0.29) is 0 Å². The van der Waals surface area contributed by atoms with Crippen LogP contribution in [-0.2, 0) is 0 Å². The second-order valence-corrected chi connectivity index (χ2v) is 7.14. The highest BCUT2D eigenvalue weighted by atomic mass is 35.5. The maximum absolute atomic E-state index is 6.51. The molecule has 1 heterocycles. The third kappa shape index (κ3) is 4.12. The first-order valence-electron chi connectivity index (χ1n) is 9.18. The van der Waals surface area contributed by atoms with Gasteiger partial charge in [-0.25, -0.2) is 4.98 Å². The first kappa shape index (κ1) is 20.1. The molecule has 0 radical (unpaired) electrons. The van der Waals surface area contributed by atoms with Gasteiger partial charge in [-0.15, -0.1) is 0 Å². The number of benzene rings is 2. The lowest BCUT2D eigenvalue weighted by Crippen LogP contribution is -2.07. The molecule has 1 aromatic heterocycles. The number of imidazole rings is 1. The van der Waals surface area contributed by atoms with Crippen molar-refractivity contribution in [1.82, 2.24) is 9.97 Å². The van der Waals surface area contributed by atoms with E-state index >= 15 is 0 Å². The van der Waals surface area contributed by atoms with Crippen LogP contribution in [0.25, 0.3) is 22.4 Å². The van der Waals surface area contributed by atoms with Gasteiger partial charge >= 0.3 is 0 Å². The fourth-order valence-electron chi connectivity index (χ4n) is 2.83. The van der Waals surface area contributed by atoms with E-state index in [9.17, 15) is 0 Å². The van der Waals surface area contributed by atoms with Crippen LogP contribution in [0, 0.1) is 5.92 Å². The molecule has 3 rings (SSSR count). The van der Waals surface area contributed by atoms with E-state index in [0.29, 0.717) is 53.0 Å². The monoisotopic (exact) mass is 404 g/mol. The van der Waals surface area contributed by atoms with Gasteiger partial charge in [0.1, 0.15) is 5.82 Å². The van der Waals surface area contributed by atoms with Crippen LogP contribution < -0.4 is 18.9 Å². The van der Waals surface area contributed by atoms with E-state index in [2.05, 4.69) is 23.8 Å². The summed E-state index contributed by atoms with van der Waals surface area (Å²) in [5.41, 5.74) is 2.41. The van der Waals surface area contributed by atoms with Gasteiger partial charge in [-0.1, -0.05) is 25.4 Å². The number of hydrogen-bond donors (Lipinski definition) is 1. The number of hydrogen-bond acceptors (Lipinski definition) is 5. The largest absolute Gasteiger partial charge is 0.493 e. The van der Waals surface area contributed by atoms with Gasteiger partial charge < -0.3 is 23.9 Å². The fraction of sp³-hybridized carbons (Fsp3) is 0.381. The smallest absolute Gasteiger partial charge is 0.179 e. The summed E-state index contributed by atoms with van der Waals surface area (Å²) in [6.07, 6.45) is 0. The molecule has 28 heavy (non-hydrogen) atoms. The Bertz CT molecular complexity index is 928. The van der Waals surface area contributed by atoms with E-state index in [4.69, 9.17) is 30.5 Å². The van der Waals surface area contributed by atoms with Crippen LogP contribution in [-0.4, -0.2) is 37.4 Å². The highest BCUT2D eigenvalue weighted by Gasteiger charge is 2.17. The number of aromatic amines is 1. The van der Waals surface area contributed by atoms with Gasteiger partial charge in [-0.3, -0.25) is 0 Å². The zero-order chi connectivity index (χ0) is 20.3. The number of methoxy groups -OCH3 is 2. The van der Waals surface area contributed by atoms with Crippen molar-refractivity contribution in [2.45, 2.75) is 20.8 Å². The van der Waals surface area contributed by atoms with Crippen molar-refractivity contribution >= 4 is 22.6 Å². The zero-order valence-electron chi connectivity index (χ0n) is 16.8. The van der Waals surface area contributed by atoms with Crippen LogP contribution in [0.3, 0.4) is 0 Å². The van der Waals surface area contributed by atoms with E-state index in [1.54, 1.807) is 14.2 Å². The molecule has 0 unspecified atom stereocenters. The predicted molar refractivity (Wildman–Crippen MR) is 111 cm³/mol. The lowest BCUT2D eigenvalue weighted by molar-refractivity contribution is 0.248. The molecule has 150 valence electrons. The van der Waals surface area contributed by atoms with E-state index < -0.39 is 0 Å². The first-order valence-corrected chi connectivity index (χ1v) is 9.55. The van der Waals surface area contributed by atoms with Gasteiger partial charge in [-0.2, -0.15) is 0 Å². The first-order chi connectivity index (χ1) is 13.5. The Kier molecular flexibility index (Phi) is 6.19. The number of H-pyrrole nitrogens is 1. The summed E-state index contributed by atoms with van der Waals surface area (Å²) in [4.78, 5) is 7.97. The summed E-state index contributed by atoms with van der Waals surface area (Å²) < 4.78 is 22.4. The summed E-state index contributed by atoms with van der Waals surface area (Å²) in [6, 6.07) is 7.40. The average Bonchev–Trinajstić information content (AvgIpc) is 3.08. The van der Waals surface area contributed by atoms with Gasteiger partial charge in [0.25, 0.3) is 0 Å². The molecule has 0 bridgehead atoms. The zero-order valence-corrected chi connectivity index (χ0v) is 17.5. The molecule has 1 N–H and O–H groups in total. The quantitative estimate of drug-likeness (QED) is 0.549. The minimum absolute atomic E-state index is 0.380. The Labute approximate surface area is 169 Å². The topological polar surface area (TPSA) is 65.6 Å². The van der Waals surface area contributed by atoms with Crippen molar-refractivity contribution in [3.63, 3.8) is 0 Å². The molecule has 0 amide bonds. The van der Waals surface area contributed by atoms with E-state index in [1.807, 2.05) is 31.2 Å². The molecule has 0 atom stereocenters. The Morgan fingerprint density at radius 2 is 1.71 bits per heavy atom. The maximum atomic E-state index is 6.51. The van der Waals surface area contributed by atoms with Gasteiger partial charge in [0.05, 0.1) is 43.5 Å². The second-order valence-electron chi connectivity index (χ2n) is 6.73. The molecular weight excluding hydrogens is 380 g/mol. The maximum Gasteiger partial charge on any atom is 0.179 e. The van der Waals surface area contributed by atoms with Crippen molar-refractivity contribution in [1.29, 1.82) is 0 Å². The lowest BCUT2D eigenvalue weighted by atomic mass is 10.2. The van der Waals surface area contributed by atoms with Crippen LogP contribution in [0.5, 0.6) is 23.0 Å². The molecule has 3 aromatic rings. The number of ether oxygens (including phenoxy) is 4. The van der Waals surface area contributed by atoms with Crippen molar-refractivity contribution in [2.75, 3.05) is 27.4 Å². The van der Waals surface area contributed by atoms with Gasteiger partial charge in [0.15, 0.2) is 23.0 Å². The average molecular weight is 405 g/mol. The van der Waals surface area contributed by atoms with Crippen LogP contribution >= 0.6 is 11.6 Å². The van der Waals surface area contributed by atoms with Gasteiger partial charge in [0.2, 0.25) is 0 Å². The summed E-state index contributed by atoms with van der Waals surface area (Å²) in [6.45, 7) is 7.15. The number of rotatable bonds is 8. The Balaban J connectivity index is 2.05. The van der Waals surface area contributed by atoms with Crippen LogP contribution in [0.1, 0.15) is 20.8 Å². The predicted octanol–water partition coefficient (Wildman–Crippen LogP) is 5.33. The summed E-state index contributed by atoms with van der Waals surface area (Å²) >= 11 is 6.51. The number of aromatic nitrogens is 2. The molecule has 0 aliphatic heterocycles. The van der Waals surface area contributed by atoms with Crippen molar-refractivity contribution in [2.24, 2.45) is 5.92 Å². The molecular formula is C21H25ClN2O4. The minimum Gasteiger partial charge on any atom is -0.493 e. The second kappa shape index (κ2) is 8.61. The Morgan fingerprint density at radius 3 is 2.36 bits per heavy atom. The van der Waals surface area contributed by atoms with Crippen LogP contribution in [0.4, 0.5) is 0 Å².